The highest BCUT2D eigenvalue weighted by Gasteiger charge is 2.18. The number of rotatable bonds is 5. The molecule has 11 nitrogen and oxygen atoms in total. The Morgan fingerprint density at radius 2 is 1.21 bits per heavy atom. The third-order valence-electron chi connectivity index (χ3n) is 2.92. The van der Waals surface area contributed by atoms with Crippen LogP contribution in [0.5, 0.6) is 0 Å². The van der Waals surface area contributed by atoms with Gasteiger partial charge in [-0.05, 0) is 12.1 Å². The number of carbonyl (C=O) groups excluding carboxylic acids is 1. The van der Waals surface area contributed by atoms with Crippen molar-refractivity contribution >= 4 is 28.7 Å². The van der Waals surface area contributed by atoms with Crippen LogP contribution in [0, 0.1) is 30.3 Å². The summed E-state index contributed by atoms with van der Waals surface area (Å²) in [5.74, 6) is -0.723. The summed E-state index contributed by atoms with van der Waals surface area (Å²) in [6.45, 7) is 0. The lowest BCUT2D eigenvalue weighted by atomic mass is 10.2. The van der Waals surface area contributed by atoms with Gasteiger partial charge in [0.25, 0.3) is 23.0 Å². The maximum atomic E-state index is 12.0. The van der Waals surface area contributed by atoms with E-state index in [0.29, 0.717) is 0 Å². The van der Waals surface area contributed by atoms with E-state index in [1.54, 1.807) is 0 Å². The lowest BCUT2D eigenvalue weighted by Gasteiger charge is -2.05. The molecule has 2 aromatic rings. The molecule has 0 saturated heterocycles. The molecule has 0 aliphatic rings. The molecule has 0 atom stereocenters. The molecular formula is C13H8N4O7. The largest absolute Gasteiger partial charge is 0.321 e. The lowest BCUT2D eigenvalue weighted by molar-refractivity contribution is -0.394. The summed E-state index contributed by atoms with van der Waals surface area (Å²) in [5, 5.41) is 34.4. The Balaban J connectivity index is 2.29. The van der Waals surface area contributed by atoms with Crippen LogP contribution in [0.2, 0.25) is 0 Å². The number of amides is 1. The van der Waals surface area contributed by atoms with E-state index in [0.717, 1.165) is 30.3 Å². The number of benzene rings is 2. The number of nitrogens with zero attached hydrogens (tertiary/aromatic N) is 3. The third-order valence-corrected chi connectivity index (χ3v) is 2.92. The van der Waals surface area contributed by atoms with Crippen molar-refractivity contribution in [2.24, 2.45) is 0 Å². The summed E-state index contributed by atoms with van der Waals surface area (Å²) < 4.78 is 0. The zero-order chi connectivity index (χ0) is 17.9. The fourth-order valence-corrected chi connectivity index (χ4v) is 1.82. The highest BCUT2D eigenvalue weighted by Crippen LogP contribution is 2.26. The van der Waals surface area contributed by atoms with Crippen LogP contribution in [0.3, 0.4) is 0 Å². The predicted octanol–water partition coefficient (Wildman–Crippen LogP) is 2.66. The number of non-ortho nitro benzene ring substituents is 3. The predicted molar refractivity (Wildman–Crippen MR) is 80.8 cm³/mol. The molecule has 11 heteroatoms. The van der Waals surface area contributed by atoms with Crippen molar-refractivity contribution in [3.63, 3.8) is 0 Å². The zero-order valence-corrected chi connectivity index (χ0v) is 11.7. The molecule has 0 saturated carbocycles. The van der Waals surface area contributed by atoms with E-state index >= 15 is 0 Å². The highest BCUT2D eigenvalue weighted by molar-refractivity contribution is 6.04. The van der Waals surface area contributed by atoms with E-state index < -0.39 is 32.1 Å². The first-order valence-electron chi connectivity index (χ1n) is 6.27. The molecule has 1 amide bonds. The Kier molecular flexibility index (Phi) is 4.45. The number of nitro benzene ring substituents is 3. The molecule has 1 N–H and O–H groups in total. The number of nitro groups is 3. The molecule has 0 aromatic heterocycles. The van der Waals surface area contributed by atoms with E-state index in [4.69, 9.17) is 0 Å². The van der Waals surface area contributed by atoms with Crippen LogP contribution in [0.15, 0.2) is 42.5 Å². The summed E-state index contributed by atoms with van der Waals surface area (Å²) in [6.07, 6.45) is 0. The van der Waals surface area contributed by atoms with Crippen LogP contribution in [0.25, 0.3) is 0 Å². The number of anilines is 1. The van der Waals surface area contributed by atoms with E-state index in [1.165, 1.54) is 12.1 Å². The summed E-state index contributed by atoms with van der Waals surface area (Å²) in [7, 11) is 0. The Hall–Kier alpha value is -3.89. The second-order valence-corrected chi connectivity index (χ2v) is 4.51. The van der Waals surface area contributed by atoms with Gasteiger partial charge in [-0.1, -0.05) is 0 Å². The van der Waals surface area contributed by atoms with Gasteiger partial charge in [0.15, 0.2) is 0 Å². The van der Waals surface area contributed by atoms with Crippen molar-refractivity contribution in [3.8, 4) is 0 Å². The van der Waals surface area contributed by atoms with Crippen LogP contribution in [0.1, 0.15) is 10.4 Å². The Morgan fingerprint density at radius 3 is 1.62 bits per heavy atom. The standard InChI is InChI=1S/C13H8N4O7/c18-13(8-1-3-10(4-2-8)15(19)20)14-9-5-11(16(21)22)7-12(6-9)17(23)24/h1-7H,(H,14,18). The molecule has 0 unspecified atom stereocenters. The van der Waals surface area contributed by atoms with Crippen LogP contribution in [-0.4, -0.2) is 20.7 Å². The molecular weight excluding hydrogens is 324 g/mol. The van der Waals surface area contributed by atoms with Gasteiger partial charge in [-0.15, -0.1) is 0 Å². The number of nitrogens with one attached hydrogen (secondary N) is 1. The number of carbonyl (C=O) groups is 1. The molecule has 0 spiro atoms. The summed E-state index contributed by atoms with van der Waals surface area (Å²) in [4.78, 5) is 41.9. The SMILES string of the molecule is O=C(Nc1cc([N+](=O)[O-])cc([N+](=O)[O-])c1)c1ccc([N+](=O)[O-])cc1. The molecule has 0 bridgehead atoms. The molecule has 0 aliphatic carbocycles. The minimum Gasteiger partial charge on any atom is -0.321 e. The molecule has 2 aromatic carbocycles. The van der Waals surface area contributed by atoms with Crippen LogP contribution in [0.4, 0.5) is 22.7 Å². The van der Waals surface area contributed by atoms with Gasteiger partial charge in [-0.2, -0.15) is 0 Å². The molecule has 0 heterocycles. The number of hydrogen-bond acceptors (Lipinski definition) is 7. The second-order valence-electron chi connectivity index (χ2n) is 4.51. The van der Waals surface area contributed by atoms with E-state index in [2.05, 4.69) is 5.32 Å². The van der Waals surface area contributed by atoms with E-state index in [9.17, 15) is 35.1 Å². The van der Waals surface area contributed by atoms with Crippen molar-refractivity contribution < 1.29 is 19.6 Å². The maximum absolute atomic E-state index is 12.0. The molecule has 0 aliphatic heterocycles. The highest BCUT2D eigenvalue weighted by atomic mass is 16.6. The number of hydrogen-bond donors (Lipinski definition) is 1. The first-order chi connectivity index (χ1) is 11.3. The first kappa shape index (κ1) is 16.5. The summed E-state index contributed by atoms with van der Waals surface area (Å²) in [5.41, 5.74) is -1.40. The Bertz CT molecular complexity index is 816. The fourth-order valence-electron chi connectivity index (χ4n) is 1.82. The minimum absolute atomic E-state index is 0.0507. The van der Waals surface area contributed by atoms with Gasteiger partial charge in [0, 0.05) is 29.8 Å². The van der Waals surface area contributed by atoms with Gasteiger partial charge in [0.2, 0.25) is 0 Å². The maximum Gasteiger partial charge on any atom is 0.278 e. The van der Waals surface area contributed by atoms with Gasteiger partial charge in [0.05, 0.1) is 26.5 Å². The Labute approximate surface area is 133 Å². The third kappa shape index (κ3) is 3.65. The lowest BCUT2D eigenvalue weighted by Crippen LogP contribution is -2.12. The molecule has 0 radical (unpaired) electrons. The van der Waals surface area contributed by atoms with Gasteiger partial charge in [-0.3, -0.25) is 35.1 Å². The van der Waals surface area contributed by atoms with E-state index in [1.807, 2.05) is 0 Å². The average Bonchev–Trinajstić information content (AvgIpc) is 2.54. The fraction of sp³-hybridized carbons (Fsp3) is 0. The van der Waals surface area contributed by atoms with Gasteiger partial charge < -0.3 is 5.32 Å². The first-order valence-corrected chi connectivity index (χ1v) is 6.27. The van der Waals surface area contributed by atoms with Gasteiger partial charge >= 0.3 is 0 Å². The Morgan fingerprint density at radius 1 is 0.750 bits per heavy atom. The summed E-state index contributed by atoms with van der Waals surface area (Å²) >= 11 is 0. The zero-order valence-electron chi connectivity index (χ0n) is 11.7. The quantitative estimate of drug-likeness (QED) is 0.650. The molecule has 24 heavy (non-hydrogen) atoms. The van der Waals surface area contributed by atoms with Gasteiger partial charge in [0.1, 0.15) is 0 Å². The second kappa shape index (κ2) is 6.48. The minimum atomic E-state index is -0.825. The molecule has 0 fully saturated rings. The van der Waals surface area contributed by atoms with E-state index in [-0.39, 0.29) is 16.9 Å². The van der Waals surface area contributed by atoms with Crippen molar-refractivity contribution in [2.75, 3.05) is 5.32 Å². The molecule has 2 rings (SSSR count). The normalized spacial score (nSPS) is 10.0. The van der Waals surface area contributed by atoms with Crippen LogP contribution in [-0.2, 0) is 0 Å². The van der Waals surface area contributed by atoms with Crippen LogP contribution < -0.4 is 5.32 Å². The summed E-state index contributed by atoms with van der Waals surface area (Å²) in [6, 6.07) is 7.32. The van der Waals surface area contributed by atoms with Crippen molar-refractivity contribution in [3.05, 3.63) is 78.4 Å². The topological polar surface area (TPSA) is 159 Å². The van der Waals surface area contributed by atoms with Gasteiger partial charge in [-0.25, -0.2) is 0 Å². The molecule has 122 valence electrons. The monoisotopic (exact) mass is 332 g/mol. The van der Waals surface area contributed by atoms with Crippen molar-refractivity contribution in [2.45, 2.75) is 0 Å². The smallest absolute Gasteiger partial charge is 0.278 e. The average molecular weight is 332 g/mol. The van der Waals surface area contributed by atoms with Crippen molar-refractivity contribution in [1.82, 2.24) is 0 Å². The van der Waals surface area contributed by atoms with Crippen LogP contribution >= 0.6 is 0 Å². The van der Waals surface area contributed by atoms with Crippen molar-refractivity contribution in [1.29, 1.82) is 0 Å².